The average Bonchev–Trinajstić information content (AvgIpc) is 2.44. The van der Waals surface area contributed by atoms with E-state index in [9.17, 15) is 0 Å². The molecule has 2 atom stereocenters. The zero-order valence-corrected chi connectivity index (χ0v) is 12.5. The van der Waals surface area contributed by atoms with E-state index in [0.29, 0.717) is 12.0 Å². The number of rotatable bonds is 6. The van der Waals surface area contributed by atoms with Gasteiger partial charge in [0.2, 0.25) is 0 Å². The highest BCUT2D eigenvalue weighted by atomic mass is 16.5. The molecule has 106 valence electrons. The van der Waals surface area contributed by atoms with Gasteiger partial charge in [-0.25, -0.2) is 0 Å². The molecule has 0 radical (unpaired) electrons. The van der Waals surface area contributed by atoms with Crippen LogP contribution in [0.3, 0.4) is 0 Å². The summed E-state index contributed by atoms with van der Waals surface area (Å²) in [4.78, 5) is 0. The minimum Gasteiger partial charge on any atom is -0.384 e. The van der Waals surface area contributed by atoms with E-state index < -0.39 is 0 Å². The Kier molecular flexibility index (Phi) is 5.41. The van der Waals surface area contributed by atoms with E-state index >= 15 is 0 Å². The van der Waals surface area contributed by atoms with Crippen molar-refractivity contribution in [2.75, 3.05) is 20.3 Å². The van der Waals surface area contributed by atoms with Crippen LogP contribution < -0.4 is 5.32 Å². The van der Waals surface area contributed by atoms with E-state index in [1.165, 1.54) is 31.2 Å². The molecule has 0 spiro atoms. The van der Waals surface area contributed by atoms with Crippen LogP contribution in [0.4, 0.5) is 0 Å². The highest BCUT2D eigenvalue weighted by Gasteiger charge is 2.12. The Bertz CT molecular complexity index is 402. The van der Waals surface area contributed by atoms with Crippen LogP contribution in [-0.4, -0.2) is 20.3 Å². The van der Waals surface area contributed by atoms with Gasteiger partial charge in [0.1, 0.15) is 0 Å². The van der Waals surface area contributed by atoms with E-state index in [1.807, 2.05) is 0 Å². The van der Waals surface area contributed by atoms with Crippen molar-refractivity contribution in [2.24, 2.45) is 5.92 Å². The second kappa shape index (κ2) is 7.06. The van der Waals surface area contributed by atoms with Gasteiger partial charge in [-0.15, -0.1) is 0 Å². The van der Waals surface area contributed by atoms with Crippen molar-refractivity contribution in [3.8, 4) is 0 Å². The monoisotopic (exact) mass is 261 g/mol. The zero-order chi connectivity index (χ0) is 13.7. The lowest BCUT2D eigenvalue weighted by molar-refractivity contribution is 0.157. The third-order valence-corrected chi connectivity index (χ3v) is 4.10. The van der Waals surface area contributed by atoms with Crippen molar-refractivity contribution in [3.63, 3.8) is 0 Å². The fourth-order valence-electron chi connectivity index (χ4n) is 2.86. The number of hydrogen-bond acceptors (Lipinski definition) is 2. The molecule has 2 unspecified atom stereocenters. The Morgan fingerprint density at radius 1 is 1.16 bits per heavy atom. The van der Waals surface area contributed by atoms with Gasteiger partial charge in [-0.1, -0.05) is 25.1 Å². The first-order valence-electron chi connectivity index (χ1n) is 7.54. The summed E-state index contributed by atoms with van der Waals surface area (Å²) in [7, 11) is 1.77. The third-order valence-electron chi connectivity index (χ3n) is 4.10. The van der Waals surface area contributed by atoms with Crippen LogP contribution in [0.1, 0.15) is 49.4 Å². The predicted octanol–water partition coefficient (Wildman–Crippen LogP) is 3.50. The molecule has 0 saturated carbocycles. The molecular weight excluding hydrogens is 234 g/mol. The van der Waals surface area contributed by atoms with Crippen molar-refractivity contribution < 1.29 is 4.74 Å². The summed E-state index contributed by atoms with van der Waals surface area (Å²) in [5.41, 5.74) is 4.56. The molecule has 0 heterocycles. The van der Waals surface area contributed by atoms with E-state index in [4.69, 9.17) is 4.74 Å². The number of nitrogens with one attached hydrogen (secondary N) is 1. The van der Waals surface area contributed by atoms with Crippen molar-refractivity contribution in [1.82, 2.24) is 5.32 Å². The van der Waals surface area contributed by atoms with Gasteiger partial charge < -0.3 is 10.1 Å². The second-order valence-electron chi connectivity index (χ2n) is 5.93. The molecule has 1 N–H and O–H groups in total. The molecule has 0 bridgehead atoms. The molecule has 0 aromatic heterocycles. The molecular formula is C17H27NO. The minimum absolute atomic E-state index is 0.423. The summed E-state index contributed by atoms with van der Waals surface area (Å²) in [6, 6.07) is 7.46. The lowest BCUT2D eigenvalue weighted by Gasteiger charge is -2.21. The number of benzene rings is 1. The quantitative estimate of drug-likeness (QED) is 0.846. The number of aryl methyl sites for hydroxylation is 2. The Hall–Kier alpha value is -0.860. The first kappa shape index (κ1) is 14.5. The Balaban J connectivity index is 1.93. The maximum Gasteiger partial charge on any atom is 0.0499 e. The van der Waals surface area contributed by atoms with E-state index in [1.54, 1.807) is 18.2 Å². The van der Waals surface area contributed by atoms with Crippen LogP contribution in [0.2, 0.25) is 0 Å². The predicted molar refractivity (Wildman–Crippen MR) is 80.5 cm³/mol. The van der Waals surface area contributed by atoms with Crippen LogP contribution in [0.15, 0.2) is 18.2 Å². The van der Waals surface area contributed by atoms with Crippen molar-refractivity contribution >= 4 is 0 Å². The maximum atomic E-state index is 5.18. The standard InChI is InChI=1S/C17H27NO/c1-13(12-19-3)11-18-14(2)16-9-8-15-6-4-5-7-17(15)10-16/h8-10,13-14,18H,4-7,11-12H2,1-3H3. The summed E-state index contributed by atoms with van der Waals surface area (Å²) >= 11 is 0. The van der Waals surface area contributed by atoms with Crippen molar-refractivity contribution in [2.45, 2.75) is 45.6 Å². The minimum atomic E-state index is 0.423. The molecule has 1 aromatic carbocycles. The number of hydrogen-bond donors (Lipinski definition) is 1. The summed E-state index contributed by atoms with van der Waals surface area (Å²) in [6.07, 6.45) is 5.23. The molecule has 2 nitrogen and oxygen atoms in total. The Labute approximate surface area is 117 Å². The van der Waals surface area contributed by atoms with Gasteiger partial charge in [0.05, 0.1) is 0 Å². The summed E-state index contributed by atoms with van der Waals surface area (Å²) in [5.74, 6) is 0.560. The molecule has 1 aliphatic carbocycles. The number of methoxy groups -OCH3 is 1. The molecule has 0 aliphatic heterocycles. The van der Waals surface area contributed by atoms with Crippen LogP contribution in [-0.2, 0) is 17.6 Å². The van der Waals surface area contributed by atoms with E-state index in [0.717, 1.165) is 13.2 Å². The smallest absolute Gasteiger partial charge is 0.0499 e. The molecule has 1 aliphatic rings. The fraction of sp³-hybridized carbons (Fsp3) is 0.647. The van der Waals surface area contributed by atoms with E-state index in [-0.39, 0.29) is 0 Å². The third kappa shape index (κ3) is 4.05. The van der Waals surface area contributed by atoms with Gasteiger partial charge >= 0.3 is 0 Å². The second-order valence-corrected chi connectivity index (χ2v) is 5.93. The molecule has 0 amide bonds. The highest BCUT2D eigenvalue weighted by molar-refractivity contribution is 5.35. The van der Waals surface area contributed by atoms with Crippen LogP contribution in [0.5, 0.6) is 0 Å². The van der Waals surface area contributed by atoms with Gasteiger partial charge in [0.25, 0.3) is 0 Å². The van der Waals surface area contributed by atoms with Crippen molar-refractivity contribution in [1.29, 1.82) is 0 Å². The van der Waals surface area contributed by atoms with Gasteiger partial charge in [0.15, 0.2) is 0 Å². The Morgan fingerprint density at radius 3 is 2.63 bits per heavy atom. The number of ether oxygens (including phenoxy) is 1. The maximum absolute atomic E-state index is 5.18. The lowest BCUT2D eigenvalue weighted by atomic mass is 9.89. The molecule has 19 heavy (non-hydrogen) atoms. The highest BCUT2D eigenvalue weighted by Crippen LogP contribution is 2.24. The average molecular weight is 261 g/mol. The van der Waals surface area contributed by atoms with Crippen LogP contribution >= 0.6 is 0 Å². The van der Waals surface area contributed by atoms with Gasteiger partial charge in [-0.3, -0.25) is 0 Å². The molecule has 0 fully saturated rings. The molecule has 0 saturated heterocycles. The van der Waals surface area contributed by atoms with Crippen LogP contribution in [0, 0.1) is 5.92 Å². The van der Waals surface area contributed by atoms with E-state index in [2.05, 4.69) is 37.4 Å². The van der Waals surface area contributed by atoms with Crippen LogP contribution in [0.25, 0.3) is 0 Å². The van der Waals surface area contributed by atoms with Gasteiger partial charge in [-0.2, -0.15) is 0 Å². The molecule has 1 aromatic rings. The summed E-state index contributed by atoms with van der Waals surface area (Å²) in [6.45, 7) is 6.30. The molecule has 2 rings (SSSR count). The number of fused-ring (bicyclic) bond motifs is 1. The van der Waals surface area contributed by atoms with Crippen molar-refractivity contribution in [3.05, 3.63) is 34.9 Å². The largest absolute Gasteiger partial charge is 0.384 e. The fourth-order valence-corrected chi connectivity index (χ4v) is 2.86. The molecule has 2 heteroatoms. The van der Waals surface area contributed by atoms with Gasteiger partial charge in [0, 0.05) is 26.3 Å². The SMILES string of the molecule is COCC(C)CNC(C)c1ccc2c(c1)CCCC2. The zero-order valence-electron chi connectivity index (χ0n) is 12.5. The summed E-state index contributed by atoms with van der Waals surface area (Å²) < 4.78 is 5.18. The normalized spacial score (nSPS) is 17.8. The topological polar surface area (TPSA) is 21.3 Å². The first-order valence-corrected chi connectivity index (χ1v) is 7.54. The first-order chi connectivity index (χ1) is 9.20. The lowest BCUT2D eigenvalue weighted by Crippen LogP contribution is -2.26. The van der Waals surface area contributed by atoms with Gasteiger partial charge in [-0.05, 0) is 55.2 Å². The Morgan fingerprint density at radius 2 is 1.89 bits per heavy atom. The summed E-state index contributed by atoms with van der Waals surface area (Å²) in [5, 5.41) is 3.61.